The van der Waals surface area contributed by atoms with Gasteiger partial charge in [0.2, 0.25) is 0 Å². The minimum Gasteiger partial charge on any atom is -0.481 e. The SMILES string of the molecule is Cc1cc(C(=O)NC(C)CC(=O)O)c(C)n1C(C)C. The second-order valence-electron chi connectivity index (χ2n) is 5.22. The number of carboxylic acids is 1. The van der Waals surface area contributed by atoms with Crippen LogP contribution in [0.15, 0.2) is 6.07 Å². The molecule has 0 aliphatic heterocycles. The van der Waals surface area contributed by atoms with Gasteiger partial charge in [0.1, 0.15) is 0 Å². The zero-order chi connectivity index (χ0) is 14.7. The number of rotatable bonds is 5. The fraction of sp³-hybridized carbons (Fsp3) is 0.571. The fourth-order valence-electron chi connectivity index (χ4n) is 2.42. The Morgan fingerprint density at radius 1 is 1.32 bits per heavy atom. The van der Waals surface area contributed by atoms with Gasteiger partial charge in [0.25, 0.3) is 5.91 Å². The van der Waals surface area contributed by atoms with Gasteiger partial charge in [-0.05, 0) is 40.7 Å². The molecule has 5 nitrogen and oxygen atoms in total. The molecular weight excluding hydrogens is 244 g/mol. The lowest BCUT2D eigenvalue weighted by molar-refractivity contribution is -0.137. The molecular formula is C14H22N2O3. The summed E-state index contributed by atoms with van der Waals surface area (Å²) in [6.45, 7) is 9.69. The first kappa shape index (κ1) is 15.3. The second-order valence-corrected chi connectivity index (χ2v) is 5.22. The van der Waals surface area contributed by atoms with E-state index in [1.54, 1.807) is 6.92 Å². The Bertz CT molecular complexity index is 489. The van der Waals surface area contributed by atoms with Gasteiger partial charge >= 0.3 is 5.97 Å². The van der Waals surface area contributed by atoms with Gasteiger partial charge in [0, 0.05) is 23.5 Å². The van der Waals surface area contributed by atoms with Crippen molar-refractivity contribution in [2.75, 3.05) is 0 Å². The summed E-state index contributed by atoms with van der Waals surface area (Å²) in [6.07, 6.45) is -0.0747. The number of hydrogen-bond acceptors (Lipinski definition) is 2. The average molecular weight is 266 g/mol. The minimum absolute atomic E-state index is 0.0747. The molecule has 1 unspecified atom stereocenters. The van der Waals surface area contributed by atoms with Gasteiger partial charge in [-0.2, -0.15) is 0 Å². The van der Waals surface area contributed by atoms with E-state index >= 15 is 0 Å². The number of hydrogen-bond donors (Lipinski definition) is 2. The van der Waals surface area contributed by atoms with Crippen molar-refractivity contribution in [2.24, 2.45) is 0 Å². The summed E-state index contributed by atoms with van der Waals surface area (Å²) in [5.41, 5.74) is 2.56. The van der Waals surface area contributed by atoms with Crippen molar-refractivity contribution in [3.8, 4) is 0 Å². The van der Waals surface area contributed by atoms with E-state index in [0.717, 1.165) is 11.4 Å². The molecule has 19 heavy (non-hydrogen) atoms. The van der Waals surface area contributed by atoms with Gasteiger partial charge in [-0.1, -0.05) is 0 Å². The summed E-state index contributed by atoms with van der Waals surface area (Å²) in [6, 6.07) is 1.75. The molecule has 0 bridgehead atoms. The number of nitrogens with zero attached hydrogens (tertiary/aromatic N) is 1. The first-order chi connectivity index (χ1) is 8.73. The molecule has 0 spiro atoms. The average Bonchev–Trinajstić information content (AvgIpc) is 2.52. The van der Waals surface area contributed by atoms with E-state index in [1.807, 2.05) is 19.9 Å². The molecule has 0 fully saturated rings. The van der Waals surface area contributed by atoms with Crippen molar-refractivity contribution in [1.82, 2.24) is 9.88 Å². The number of aliphatic carboxylic acids is 1. The highest BCUT2D eigenvalue weighted by atomic mass is 16.4. The zero-order valence-corrected chi connectivity index (χ0v) is 12.2. The van der Waals surface area contributed by atoms with Crippen LogP contribution in [0.1, 0.15) is 55.0 Å². The number of nitrogens with one attached hydrogen (secondary N) is 1. The Balaban J connectivity index is 2.89. The second kappa shape index (κ2) is 5.91. The molecule has 1 atom stereocenters. The van der Waals surface area contributed by atoms with Gasteiger partial charge in [-0.3, -0.25) is 9.59 Å². The lowest BCUT2D eigenvalue weighted by atomic mass is 10.2. The minimum atomic E-state index is -0.916. The molecule has 1 aromatic heterocycles. The number of aryl methyl sites for hydroxylation is 1. The van der Waals surface area contributed by atoms with Gasteiger partial charge in [0.15, 0.2) is 0 Å². The number of aromatic nitrogens is 1. The summed E-state index contributed by atoms with van der Waals surface area (Å²) in [5.74, 6) is -1.13. The number of carboxylic acid groups (broad SMARTS) is 1. The zero-order valence-electron chi connectivity index (χ0n) is 12.2. The highest BCUT2D eigenvalue weighted by molar-refractivity contribution is 5.96. The van der Waals surface area contributed by atoms with E-state index in [1.165, 1.54) is 0 Å². The third-order valence-electron chi connectivity index (χ3n) is 3.10. The Hall–Kier alpha value is -1.78. The third kappa shape index (κ3) is 3.59. The van der Waals surface area contributed by atoms with E-state index < -0.39 is 5.97 Å². The van der Waals surface area contributed by atoms with E-state index in [9.17, 15) is 9.59 Å². The molecule has 2 N–H and O–H groups in total. The fourth-order valence-corrected chi connectivity index (χ4v) is 2.42. The van der Waals surface area contributed by atoms with Gasteiger partial charge in [-0.15, -0.1) is 0 Å². The van der Waals surface area contributed by atoms with E-state index in [4.69, 9.17) is 5.11 Å². The van der Waals surface area contributed by atoms with Crippen LogP contribution in [-0.4, -0.2) is 27.6 Å². The van der Waals surface area contributed by atoms with Crippen LogP contribution in [0.5, 0.6) is 0 Å². The monoisotopic (exact) mass is 266 g/mol. The van der Waals surface area contributed by atoms with Crippen molar-refractivity contribution >= 4 is 11.9 Å². The molecule has 1 heterocycles. The van der Waals surface area contributed by atoms with Crippen LogP contribution >= 0.6 is 0 Å². The van der Waals surface area contributed by atoms with E-state index in [-0.39, 0.29) is 24.4 Å². The topological polar surface area (TPSA) is 71.3 Å². The maximum atomic E-state index is 12.1. The maximum Gasteiger partial charge on any atom is 0.305 e. The Labute approximate surface area is 113 Å². The number of carbonyl (C=O) groups excluding carboxylic acids is 1. The van der Waals surface area contributed by atoms with Crippen LogP contribution in [0.25, 0.3) is 0 Å². The van der Waals surface area contributed by atoms with E-state index in [0.29, 0.717) is 5.56 Å². The van der Waals surface area contributed by atoms with Crippen molar-refractivity contribution in [3.63, 3.8) is 0 Å². The Morgan fingerprint density at radius 3 is 2.32 bits per heavy atom. The van der Waals surface area contributed by atoms with Crippen molar-refractivity contribution in [2.45, 2.75) is 53.1 Å². The summed E-state index contributed by atoms with van der Waals surface area (Å²) in [4.78, 5) is 22.7. The molecule has 0 aliphatic rings. The largest absolute Gasteiger partial charge is 0.481 e. The summed E-state index contributed by atoms with van der Waals surface area (Å²) in [5, 5.41) is 11.4. The molecule has 0 saturated carbocycles. The molecule has 1 amide bonds. The Morgan fingerprint density at radius 2 is 1.89 bits per heavy atom. The van der Waals surface area contributed by atoms with Gasteiger partial charge < -0.3 is 15.0 Å². The van der Waals surface area contributed by atoms with Crippen LogP contribution in [-0.2, 0) is 4.79 Å². The van der Waals surface area contributed by atoms with Gasteiger partial charge in [0.05, 0.1) is 12.0 Å². The molecule has 5 heteroatoms. The predicted octanol–water partition coefficient (Wildman–Crippen LogP) is 2.28. The maximum absolute atomic E-state index is 12.1. The standard InChI is InChI=1S/C14H22N2O3/c1-8(2)16-10(4)7-12(11(16)5)14(19)15-9(3)6-13(17)18/h7-9H,6H2,1-5H3,(H,15,19)(H,17,18). The van der Waals surface area contributed by atoms with Crippen LogP contribution in [0, 0.1) is 13.8 Å². The van der Waals surface area contributed by atoms with Crippen LogP contribution in [0.3, 0.4) is 0 Å². The predicted molar refractivity (Wildman–Crippen MR) is 73.5 cm³/mol. The molecule has 0 aliphatic carbocycles. The molecule has 0 saturated heterocycles. The van der Waals surface area contributed by atoms with Crippen LogP contribution in [0.4, 0.5) is 0 Å². The lowest BCUT2D eigenvalue weighted by Gasteiger charge is -2.14. The first-order valence-corrected chi connectivity index (χ1v) is 6.45. The molecule has 0 radical (unpaired) electrons. The van der Waals surface area contributed by atoms with Crippen LogP contribution < -0.4 is 5.32 Å². The highest BCUT2D eigenvalue weighted by Crippen LogP contribution is 2.20. The highest BCUT2D eigenvalue weighted by Gasteiger charge is 2.19. The Kier molecular flexibility index (Phi) is 4.75. The summed E-state index contributed by atoms with van der Waals surface area (Å²) >= 11 is 0. The third-order valence-corrected chi connectivity index (χ3v) is 3.10. The lowest BCUT2D eigenvalue weighted by Crippen LogP contribution is -2.34. The van der Waals surface area contributed by atoms with Crippen molar-refractivity contribution < 1.29 is 14.7 Å². The smallest absolute Gasteiger partial charge is 0.305 e. The molecule has 1 aromatic rings. The van der Waals surface area contributed by atoms with Crippen molar-refractivity contribution in [3.05, 3.63) is 23.0 Å². The molecule has 106 valence electrons. The summed E-state index contributed by atoms with van der Waals surface area (Å²) < 4.78 is 2.09. The van der Waals surface area contributed by atoms with Gasteiger partial charge in [-0.25, -0.2) is 0 Å². The normalized spacial score (nSPS) is 12.5. The molecule has 0 aromatic carbocycles. The summed E-state index contributed by atoms with van der Waals surface area (Å²) in [7, 11) is 0. The van der Waals surface area contributed by atoms with Crippen molar-refractivity contribution in [1.29, 1.82) is 0 Å². The quantitative estimate of drug-likeness (QED) is 0.858. The van der Waals surface area contributed by atoms with Crippen LogP contribution in [0.2, 0.25) is 0 Å². The van der Waals surface area contributed by atoms with E-state index in [2.05, 4.69) is 23.7 Å². The number of carbonyl (C=O) groups is 2. The number of amides is 1. The molecule has 1 rings (SSSR count). The first-order valence-electron chi connectivity index (χ1n) is 6.45.